The van der Waals surface area contributed by atoms with Crippen LogP contribution in [0.4, 0.5) is 0 Å². The van der Waals surface area contributed by atoms with E-state index in [0.717, 1.165) is 37.2 Å². The molecule has 0 radical (unpaired) electrons. The zero-order valence-corrected chi connectivity index (χ0v) is 10.9. The molecule has 0 atom stereocenters. The normalized spacial score (nSPS) is 11.8. The van der Waals surface area contributed by atoms with Crippen LogP contribution in [0.5, 0.6) is 0 Å². The minimum absolute atomic E-state index is 0.137. The molecule has 0 aromatic heterocycles. The maximum absolute atomic E-state index is 8.61. The Balaban J connectivity index is 2.52. The molecule has 5 heteroatoms. The van der Waals surface area contributed by atoms with Crippen LogP contribution < -0.4 is 11.1 Å². The average molecular weight is 251 g/mol. The fourth-order valence-electron chi connectivity index (χ4n) is 1.68. The molecule has 5 nitrogen and oxygen atoms in total. The second-order valence-electron chi connectivity index (χ2n) is 4.15. The molecule has 4 N–H and O–H groups in total. The van der Waals surface area contributed by atoms with E-state index in [2.05, 4.69) is 10.5 Å². The third-order valence-electron chi connectivity index (χ3n) is 2.76. The first-order valence-electron chi connectivity index (χ1n) is 5.96. The second-order valence-corrected chi connectivity index (χ2v) is 4.15. The quantitative estimate of drug-likeness (QED) is 0.224. The lowest BCUT2D eigenvalue weighted by Crippen LogP contribution is -2.18. The Labute approximate surface area is 108 Å². The van der Waals surface area contributed by atoms with Gasteiger partial charge in [-0.15, -0.1) is 0 Å². The number of ether oxygens (including phenoxy) is 1. The standard InChI is InChI=1S/C13H21N3O2/c1-10-8-11(13(14)16-17)4-5-12(10)9-15-6-3-7-18-2/h4-5,8,15,17H,3,6-7,9H2,1-2H3,(H2,14,16). The largest absolute Gasteiger partial charge is 0.409 e. The Hall–Kier alpha value is -1.59. The maximum atomic E-state index is 8.61. The van der Waals surface area contributed by atoms with Gasteiger partial charge in [0.1, 0.15) is 0 Å². The smallest absolute Gasteiger partial charge is 0.170 e. The monoisotopic (exact) mass is 251 g/mol. The summed E-state index contributed by atoms with van der Waals surface area (Å²) in [5.74, 6) is 0.137. The molecule has 0 spiro atoms. The van der Waals surface area contributed by atoms with E-state index < -0.39 is 0 Å². The Bertz CT molecular complexity index is 405. The van der Waals surface area contributed by atoms with Crippen LogP contribution in [-0.4, -0.2) is 31.3 Å². The van der Waals surface area contributed by atoms with Crippen molar-refractivity contribution in [1.29, 1.82) is 0 Å². The number of aryl methyl sites for hydroxylation is 1. The molecule has 0 saturated heterocycles. The van der Waals surface area contributed by atoms with E-state index >= 15 is 0 Å². The van der Waals surface area contributed by atoms with E-state index in [0.29, 0.717) is 0 Å². The first-order chi connectivity index (χ1) is 8.69. The third kappa shape index (κ3) is 4.35. The molecule has 0 saturated carbocycles. The van der Waals surface area contributed by atoms with Crippen LogP contribution >= 0.6 is 0 Å². The van der Waals surface area contributed by atoms with E-state index in [1.807, 2.05) is 25.1 Å². The van der Waals surface area contributed by atoms with Crippen LogP contribution in [0.3, 0.4) is 0 Å². The van der Waals surface area contributed by atoms with E-state index in [1.54, 1.807) is 7.11 Å². The highest BCUT2D eigenvalue weighted by molar-refractivity contribution is 5.97. The van der Waals surface area contributed by atoms with Gasteiger partial charge in [0.25, 0.3) is 0 Å². The molecule has 0 aliphatic carbocycles. The zero-order chi connectivity index (χ0) is 13.4. The van der Waals surface area contributed by atoms with Crippen molar-refractivity contribution in [2.45, 2.75) is 19.9 Å². The molecule has 100 valence electrons. The van der Waals surface area contributed by atoms with Crippen molar-refractivity contribution >= 4 is 5.84 Å². The number of nitrogens with one attached hydrogen (secondary N) is 1. The van der Waals surface area contributed by atoms with Crippen LogP contribution in [0, 0.1) is 6.92 Å². The van der Waals surface area contributed by atoms with Crippen molar-refractivity contribution in [3.05, 3.63) is 34.9 Å². The van der Waals surface area contributed by atoms with Crippen LogP contribution in [0.25, 0.3) is 0 Å². The number of nitrogens with two attached hydrogens (primary N) is 1. The highest BCUT2D eigenvalue weighted by Crippen LogP contribution is 2.11. The molecular formula is C13H21N3O2. The first-order valence-corrected chi connectivity index (χ1v) is 5.96. The van der Waals surface area contributed by atoms with Crippen molar-refractivity contribution in [3.63, 3.8) is 0 Å². The Morgan fingerprint density at radius 2 is 2.28 bits per heavy atom. The SMILES string of the molecule is COCCCNCc1ccc(/C(N)=N/O)cc1C. The average Bonchev–Trinajstić information content (AvgIpc) is 2.39. The number of oxime groups is 1. The minimum atomic E-state index is 0.137. The lowest BCUT2D eigenvalue weighted by atomic mass is 10.0. The fraction of sp³-hybridized carbons (Fsp3) is 0.462. The molecule has 1 rings (SSSR count). The Morgan fingerprint density at radius 1 is 1.50 bits per heavy atom. The van der Waals surface area contributed by atoms with Crippen molar-refractivity contribution in [2.75, 3.05) is 20.3 Å². The van der Waals surface area contributed by atoms with Crippen molar-refractivity contribution < 1.29 is 9.94 Å². The zero-order valence-electron chi connectivity index (χ0n) is 10.9. The predicted molar refractivity (Wildman–Crippen MR) is 71.9 cm³/mol. The number of hydrogen-bond donors (Lipinski definition) is 3. The summed E-state index contributed by atoms with van der Waals surface area (Å²) in [5.41, 5.74) is 8.61. The molecule has 1 aromatic rings. The molecule has 18 heavy (non-hydrogen) atoms. The van der Waals surface area contributed by atoms with Crippen molar-refractivity contribution in [1.82, 2.24) is 5.32 Å². The molecule has 0 unspecified atom stereocenters. The van der Waals surface area contributed by atoms with Crippen LogP contribution in [0.15, 0.2) is 23.4 Å². The Morgan fingerprint density at radius 3 is 2.89 bits per heavy atom. The molecular weight excluding hydrogens is 230 g/mol. The summed E-state index contributed by atoms with van der Waals surface area (Å²) in [6, 6.07) is 5.77. The van der Waals surface area contributed by atoms with Gasteiger partial charge in [0, 0.05) is 25.8 Å². The number of amidine groups is 1. The second kappa shape index (κ2) is 7.68. The van der Waals surface area contributed by atoms with E-state index in [-0.39, 0.29) is 5.84 Å². The molecule has 0 heterocycles. The molecule has 0 amide bonds. The number of nitrogens with zero attached hydrogens (tertiary/aromatic N) is 1. The predicted octanol–water partition coefficient (Wildman–Crippen LogP) is 1.22. The highest BCUT2D eigenvalue weighted by atomic mass is 16.5. The fourth-order valence-corrected chi connectivity index (χ4v) is 1.68. The summed E-state index contributed by atoms with van der Waals surface area (Å²) in [4.78, 5) is 0. The molecule has 0 bridgehead atoms. The van der Waals surface area contributed by atoms with Gasteiger partial charge in [-0.3, -0.25) is 0 Å². The summed E-state index contributed by atoms with van der Waals surface area (Å²) in [5, 5.41) is 15.0. The maximum Gasteiger partial charge on any atom is 0.170 e. The van der Waals surface area contributed by atoms with E-state index in [9.17, 15) is 0 Å². The van der Waals surface area contributed by atoms with Crippen LogP contribution in [0.2, 0.25) is 0 Å². The van der Waals surface area contributed by atoms with Gasteiger partial charge in [-0.1, -0.05) is 17.3 Å². The first kappa shape index (κ1) is 14.5. The number of rotatable bonds is 7. The molecule has 0 aliphatic rings. The minimum Gasteiger partial charge on any atom is -0.409 e. The lowest BCUT2D eigenvalue weighted by molar-refractivity contribution is 0.194. The van der Waals surface area contributed by atoms with E-state index in [1.165, 1.54) is 5.56 Å². The number of hydrogen-bond acceptors (Lipinski definition) is 4. The van der Waals surface area contributed by atoms with Gasteiger partial charge in [-0.25, -0.2) is 0 Å². The van der Waals surface area contributed by atoms with Crippen LogP contribution in [-0.2, 0) is 11.3 Å². The van der Waals surface area contributed by atoms with Crippen molar-refractivity contribution in [3.8, 4) is 0 Å². The van der Waals surface area contributed by atoms with Gasteiger partial charge in [-0.2, -0.15) is 0 Å². The number of methoxy groups -OCH3 is 1. The van der Waals surface area contributed by atoms with Gasteiger partial charge in [0.05, 0.1) is 0 Å². The summed E-state index contributed by atoms with van der Waals surface area (Å²) in [6.45, 7) is 4.52. The summed E-state index contributed by atoms with van der Waals surface area (Å²) in [7, 11) is 1.70. The van der Waals surface area contributed by atoms with Gasteiger partial charge < -0.3 is 21.0 Å². The van der Waals surface area contributed by atoms with Crippen LogP contribution in [0.1, 0.15) is 23.1 Å². The lowest BCUT2D eigenvalue weighted by Gasteiger charge is -2.09. The summed E-state index contributed by atoms with van der Waals surface area (Å²) in [6.07, 6.45) is 0.998. The van der Waals surface area contributed by atoms with Gasteiger partial charge in [0.2, 0.25) is 0 Å². The molecule has 0 fully saturated rings. The van der Waals surface area contributed by atoms with E-state index in [4.69, 9.17) is 15.7 Å². The summed E-state index contributed by atoms with van der Waals surface area (Å²) < 4.78 is 4.98. The van der Waals surface area contributed by atoms with Crippen molar-refractivity contribution in [2.24, 2.45) is 10.9 Å². The Kier molecular flexibility index (Phi) is 6.18. The van der Waals surface area contributed by atoms with Gasteiger partial charge >= 0.3 is 0 Å². The molecule has 1 aromatic carbocycles. The summed E-state index contributed by atoms with van der Waals surface area (Å²) >= 11 is 0. The number of benzene rings is 1. The van der Waals surface area contributed by atoms with Gasteiger partial charge in [-0.05, 0) is 37.1 Å². The van der Waals surface area contributed by atoms with Gasteiger partial charge in [0.15, 0.2) is 5.84 Å². The highest BCUT2D eigenvalue weighted by Gasteiger charge is 2.03. The third-order valence-corrected chi connectivity index (χ3v) is 2.76. The topological polar surface area (TPSA) is 79.9 Å². The molecule has 0 aliphatic heterocycles.